The molecule has 2 rings (SSSR count). The maximum atomic E-state index is 11.6. The Morgan fingerprint density at radius 3 is 2.85 bits per heavy atom. The summed E-state index contributed by atoms with van der Waals surface area (Å²) in [6, 6.07) is 5.56. The van der Waals surface area contributed by atoms with Crippen molar-refractivity contribution in [3.8, 4) is 11.5 Å². The Hall–Kier alpha value is -1.91. The third-order valence-corrected chi connectivity index (χ3v) is 3.21. The fraction of sp³-hybridized carbons (Fsp3) is 0.533. The minimum absolute atomic E-state index is 0.126. The van der Waals surface area contributed by atoms with E-state index in [1.807, 2.05) is 18.2 Å². The molecule has 0 radical (unpaired) electrons. The molecule has 0 bridgehead atoms. The van der Waals surface area contributed by atoms with Crippen LogP contribution in [0.5, 0.6) is 11.5 Å². The second-order valence-corrected chi connectivity index (χ2v) is 4.86. The van der Waals surface area contributed by atoms with Crippen LogP contribution in [0.3, 0.4) is 0 Å². The van der Waals surface area contributed by atoms with Gasteiger partial charge in [0.15, 0.2) is 11.5 Å². The molecule has 1 heterocycles. The van der Waals surface area contributed by atoms with Crippen molar-refractivity contribution in [3.05, 3.63) is 23.8 Å². The summed E-state index contributed by atoms with van der Waals surface area (Å²) in [5.41, 5.74) is 0.996. The van der Waals surface area contributed by atoms with Gasteiger partial charge in [-0.3, -0.25) is 0 Å². The van der Waals surface area contributed by atoms with Crippen LogP contribution in [-0.4, -0.2) is 19.4 Å². The number of urea groups is 1. The van der Waals surface area contributed by atoms with E-state index in [4.69, 9.17) is 9.47 Å². The fourth-order valence-corrected chi connectivity index (χ4v) is 2.05. The molecule has 1 aliphatic heterocycles. The summed E-state index contributed by atoms with van der Waals surface area (Å²) >= 11 is 0. The van der Waals surface area contributed by atoms with E-state index in [0.717, 1.165) is 30.0 Å². The van der Waals surface area contributed by atoms with Crippen LogP contribution in [0.15, 0.2) is 18.2 Å². The quantitative estimate of drug-likeness (QED) is 0.754. The molecule has 1 aliphatic rings. The van der Waals surface area contributed by atoms with Crippen LogP contribution in [0, 0.1) is 0 Å². The number of ether oxygens (including phenoxy) is 2. The smallest absolute Gasteiger partial charge is 0.315 e. The molecule has 0 saturated carbocycles. The summed E-state index contributed by atoms with van der Waals surface area (Å²) in [5.74, 6) is 1.50. The van der Waals surface area contributed by atoms with Gasteiger partial charge >= 0.3 is 6.03 Å². The lowest BCUT2D eigenvalue weighted by atomic mass is 10.2. The molecule has 1 aromatic rings. The summed E-state index contributed by atoms with van der Waals surface area (Å²) in [6.07, 6.45) is 4.63. The number of hydrogen-bond donors (Lipinski definition) is 2. The predicted octanol–water partition coefficient (Wildman–Crippen LogP) is 2.79. The number of unbranched alkanes of at least 4 members (excludes halogenated alkanes) is 3. The van der Waals surface area contributed by atoms with Crippen LogP contribution in [0.4, 0.5) is 4.79 Å². The highest BCUT2D eigenvalue weighted by Gasteiger charge is 2.13. The maximum Gasteiger partial charge on any atom is 0.315 e. The van der Waals surface area contributed by atoms with E-state index in [1.165, 1.54) is 19.3 Å². The van der Waals surface area contributed by atoms with E-state index >= 15 is 0 Å². The van der Waals surface area contributed by atoms with Gasteiger partial charge in [-0.05, 0) is 24.1 Å². The van der Waals surface area contributed by atoms with E-state index in [9.17, 15) is 4.79 Å². The SMILES string of the molecule is CCCCCCNC(=O)NCc1ccc2c(c1)OCO2. The standard InChI is InChI=1S/C15H22N2O3/c1-2-3-4-5-8-16-15(18)17-10-12-6-7-13-14(9-12)20-11-19-13/h6-7,9H,2-5,8,10-11H2,1H3,(H2,16,17,18). The molecule has 2 amide bonds. The van der Waals surface area contributed by atoms with Crippen molar-refractivity contribution in [3.63, 3.8) is 0 Å². The number of nitrogens with one attached hydrogen (secondary N) is 2. The lowest BCUT2D eigenvalue weighted by molar-refractivity contribution is 0.174. The number of fused-ring (bicyclic) bond motifs is 1. The summed E-state index contributed by atoms with van der Waals surface area (Å²) in [5, 5.41) is 5.69. The number of amides is 2. The maximum absolute atomic E-state index is 11.6. The zero-order valence-corrected chi connectivity index (χ0v) is 11.9. The molecular weight excluding hydrogens is 256 g/mol. The average Bonchev–Trinajstić information content (AvgIpc) is 2.92. The summed E-state index contributed by atoms with van der Waals surface area (Å²) in [6.45, 7) is 3.65. The van der Waals surface area contributed by atoms with E-state index in [1.54, 1.807) is 0 Å². The zero-order chi connectivity index (χ0) is 14.2. The molecule has 5 heteroatoms. The van der Waals surface area contributed by atoms with Gasteiger partial charge in [-0.2, -0.15) is 0 Å². The molecule has 0 spiro atoms. The molecule has 20 heavy (non-hydrogen) atoms. The summed E-state index contributed by atoms with van der Waals surface area (Å²) < 4.78 is 10.5. The summed E-state index contributed by atoms with van der Waals surface area (Å²) in [7, 11) is 0. The number of carbonyl (C=O) groups is 1. The second-order valence-electron chi connectivity index (χ2n) is 4.86. The molecule has 0 aliphatic carbocycles. The Labute approximate surface area is 119 Å². The van der Waals surface area contributed by atoms with Crippen LogP contribution < -0.4 is 20.1 Å². The van der Waals surface area contributed by atoms with Crippen molar-refractivity contribution in [2.24, 2.45) is 0 Å². The first-order valence-corrected chi connectivity index (χ1v) is 7.20. The van der Waals surface area contributed by atoms with Gasteiger partial charge in [-0.25, -0.2) is 4.79 Å². The highest BCUT2D eigenvalue weighted by molar-refractivity contribution is 5.73. The molecule has 0 atom stereocenters. The minimum Gasteiger partial charge on any atom is -0.454 e. The van der Waals surface area contributed by atoms with Crippen molar-refractivity contribution in [1.29, 1.82) is 0 Å². The van der Waals surface area contributed by atoms with Crippen LogP contribution in [-0.2, 0) is 6.54 Å². The highest BCUT2D eigenvalue weighted by atomic mass is 16.7. The summed E-state index contributed by atoms with van der Waals surface area (Å²) in [4.78, 5) is 11.6. The van der Waals surface area contributed by atoms with Crippen molar-refractivity contribution >= 4 is 6.03 Å². The molecular formula is C15H22N2O3. The molecule has 5 nitrogen and oxygen atoms in total. The number of rotatable bonds is 7. The molecule has 0 fully saturated rings. The normalized spacial score (nSPS) is 12.2. The van der Waals surface area contributed by atoms with Crippen molar-refractivity contribution in [2.75, 3.05) is 13.3 Å². The lowest BCUT2D eigenvalue weighted by Gasteiger charge is -2.08. The molecule has 0 unspecified atom stereocenters. The minimum atomic E-state index is -0.126. The molecule has 1 aromatic carbocycles. The first kappa shape index (κ1) is 14.5. The molecule has 110 valence electrons. The van der Waals surface area contributed by atoms with Crippen LogP contribution in [0.25, 0.3) is 0 Å². The number of carbonyl (C=O) groups excluding carboxylic acids is 1. The van der Waals surface area contributed by atoms with Gasteiger partial charge in [0, 0.05) is 13.1 Å². The Kier molecular flexibility index (Phi) is 5.53. The van der Waals surface area contributed by atoms with Crippen LogP contribution in [0.2, 0.25) is 0 Å². The molecule has 2 N–H and O–H groups in total. The Morgan fingerprint density at radius 1 is 1.15 bits per heavy atom. The van der Waals surface area contributed by atoms with Gasteiger partial charge < -0.3 is 20.1 Å². The Bertz CT molecular complexity index is 449. The first-order valence-electron chi connectivity index (χ1n) is 7.20. The van der Waals surface area contributed by atoms with Gasteiger partial charge in [0.2, 0.25) is 6.79 Å². The van der Waals surface area contributed by atoms with Gasteiger partial charge in [0.05, 0.1) is 0 Å². The Morgan fingerprint density at radius 2 is 2.00 bits per heavy atom. The van der Waals surface area contributed by atoms with E-state index in [0.29, 0.717) is 6.54 Å². The lowest BCUT2D eigenvalue weighted by Crippen LogP contribution is -2.35. The van der Waals surface area contributed by atoms with Crippen LogP contribution in [0.1, 0.15) is 38.2 Å². The van der Waals surface area contributed by atoms with Gasteiger partial charge in [-0.15, -0.1) is 0 Å². The third-order valence-electron chi connectivity index (χ3n) is 3.21. The third kappa shape index (κ3) is 4.33. The molecule has 0 aromatic heterocycles. The molecule has 0 saturated heterocycles. The second kappa shape index (κ2) is 7.62. The number of benzene rings is 1. The average molecular weight is 278 g/mol. The van der Waals surface area contributed by atoms with Crippen LogP contribution >= 0.6 is 0 Å². The van der Waals surface area contributed by atoms with E-state index in [-0.39, 0.29) is 12.8 Å². The Balaban J connectivity index is 1.66. The largest absolute Gasteiger partial charge is 0.454 e. The van der Waals surface area contributed by atoms with Gasteiger partial charge in [0.1, 0.15) is 0 Å². The predicted molar refractivity (Wildman–Crippen MR) is 76.9 cm³/mol. The van der Waals surface area contributed by atoms with Crippen molar-refractivity contribution in [2.45, 2.75) is 39.2 Å². The van der Waals surface area contributed by atoms with Gasteiger partial charge in [-0.1, -0.05) is 32.3 Å². The van der Waals surface area contributed by atoms with Crippen molar-refractivity contribution in [1.82, 2.24) is 10.6 Å². The fourth-order valence-electron chi connectivity index (χ4n) is 2.05. The van der Waals surface area contributed by atoms with Crippen molar-refractivity contribution < 1.29 is 14.3 Å². The first-order chi connectivity index (χ1) is 9.79. The van der Waals surface area contributed by atoms with Gasteiger partial charge in [0.25, 0.3) is 0 Å². The number of hydrogen-bond acceptors (Lipinski definition) is 3. The monoisotopic (exact) mass is 278 g/mol. The van der Waals surface area contributed by atoms with E-state index in [2.05, 4.69) is 17.6 Å². The zero-order valence-electron chi connectivity index (χ0n) is 11.9. The topological polar surface area (TPSA) is 59.6 Å². The van der Waals surface area contributed by atoms with E-state index < -0.39 is 0 Å². The highest BCUT2D eigenvalue weighted by Crippen LogP contribution is 2.32.